The number of aryl methyl sites for hydroxylation is 2. The molecule has 6 heteroatoms. The van der Waals surface area contributed by atoms with Crippen LogP contribution in [0.15, 0.2) is 36.4 Å². The third kappa shape index (κ3) is 3.85. The highest BCUT2D eigenvalue weighted by molar-refractivity contribution is 7.21. The van der Waals surface area contributed by atoms with Crippen molar-refractivity contribution >= 4 is 44.6 Å². The van der Waals surface area contributed by atoms with E-state index in [1.54, 1.807) is 31.2 Å². The highest BCUT2D eigenvalue weighted by atomic mass is 32.1. The van der Waals surface area contributed by atoms with Crippen molar-refractivity contribution in [3.05, 3.63) is 58.2 Å². The monoisotopic (exact) mass is 384 g/mol. The van der Waals surface area contributed by atoms with E-state index in [1.165, 1.54) is 17.4 Å². The van der Waals surface area contributed by atoms with Crippen molar-refractivity contribution in [2.75, 3.05) is 10.6 Å². The zero-order valence-electron chi connectivity index (χ0n) is 15.6. The van der Waals surface area contributed by atoms with Crippen LogP contribution in [0.2, 0.25) is 0 Å². The van der Waals surface area contributed by atoms with Crippen LogP contribution in [0.5, 0.6) is 0 Å². The van der Waals surface area contributed by atoms with Crippen LogP contribution in [-0.2, 0) is 4.79 Å². The lowest BCUT2D eigenvalue weighted by Crippen LogP contribution is -2.18. The number of benzene rings is 2. The van der Waals surface area contributed by atoms with E-state index in [4.69, 9.17) is 0 Å². The van der Waals surface area contributed by atoms with Crippen molar-refractivity contribution in [3.63, 3.8) is 0 Å². The predicted molar refractivity (Wildman–Crippen MR) is 109 cm³/mol. The molecule has 0 atom stereocenters. The summed E-state index contributed by atoms with van der Waals surface area (Å²) in [5.74, 6) is -0.842. The van der Waals surface area contributed by atoms with Gasteiger partial charge < -0.3 is 10.6 Å². The molecule has 3 aromatic rings. The van der Waals surface area contributed by atoms with Crippen molar-refractivity contribution in [2.45, 2.75) is 27.7 Å². The second-order valence-electron chi connectivity index (χ2n) is 6.80. The number of rotatable bonds is 4. The van der Waals surface area contributed by atoms with Gasteiger partial charge >= 0.3 is 0 Å². The fraction of sp³-hybridized carbons (Fsp3) is 0.238. The Kier molecular flexibility index (Phi) is 5.28. The molecule has 0 fully saturated rings. The molecule has 0 unspecified atom stereocenters. The summed E-state index contributed by atoms with van der Waals surface area (Å²) >= 11 is 1.27. The zero-order chi connectivity index (χ0) is 19.7. The van der Waals surface area contributed by atoms with Gasteiger partial charge in [-0.1, -0.05) is 26.0 Å². The van der Waals surface area contributed by atoms with E-state index >= 15 is 0 Å². The molecule has 0 saturated heterocycles. The van der Waals surface area contributed by atoms with Crippen molar-refractivity contribution in [3.8, 4) is 0 Å². The van der Waals surface area contributed by atoms with Gasteiger partial charge in [0.25, 0.3) is 5.91 Å². The summed E-state index contributed by atoms with van der Waals surface area (Å²) in [6.45, 7) is 7.26. The molecular formula is C21H21FN2O2S. The van der Waals surface area contributed by atoms with Crippen LogP contribution in [0.4, 0.5) is 15.8 Å². The van der Waals surface area contributed by atoms with Crippen LogP contribution in [0.1, 0.15) is 34.6 Å². The van der Waals surface area contributed by atoms with Gasteiger partial charge in [-0.15, -0.1) is 11.3 Å². The summed E-state index contributed by atoms with van der Waals surface area (Å²) in [5.41, 5.74) is 2.73. The largest absolute Gasteiger partial charge is 0.326 e. The van der Waals surface area contributed by atoms with Crippen LogP contribution in [0, 0.1) is 25.6 Å². The van der Waals surface area contributed by atoms with Gasteiger partial charge in [-0.3, -0.25) is 9.59 Å². The Labute approximate surface area is 161 Å². The number of amides is 2. The number of fused-ring (bicyclic) bond motifs is 1. The molecule has 0 aliphatic heterocycles. The summed E-state index contributed by atoms with van der Waals surface area (Å²) in [4.78, 5) is 25.2. The van der Waals surface area contributed by atoms with Crippen LogP contribution in [0.3, 0.4) is 0 Å². The molecule has 1 heterocycles. The Morgan fingerprint density at radius 2 is 1.81 bits per heavy atom. The minimum atomic E-state index is -0.324. The van der Waals surface area contributed by atoms with Gasteiger partial charge in [0, 0.05) is 27.4 Å². The number of hydrogen-bond acceptors (Lipinski definition) is 3. The molecule has 140 valence electrons. The SMILES string of the molecule is Cc1ccc(NC(=O)C(C)C)cc1NC(=O)c1sc2cccc(F)c2c1C. The first-order valence-corrected chi connectivity index (χ1v) is 9.50. The molecule has 3 rings (SSSR count). The number of nitrogens with one attached hydrogen (secondary N) is 2. The van der Waals surface area contributed by atoms with Gasteiger partial charge in [-0.25, -0.2) is 4.39 Å². The van der Waals surface area contributed by atoms with Gasteiger partial charge in [-0.2, -0.15) is 0 Å². The topological polar surface area (TPSA) is 58.2 Å². The van der Waals surface area contributed by atoms with E-state index in [2.05, 4.69) is 10.6 Å². The summed E-state index contributed by atoms with van der Waals surface area (Å²) in [6, 6.07) is 10.2. The molecule has 4 nitrogen and oxygen atoms in total. The van der Waals surface area contributed by atoms with Crippen LogP contribution >= 0.6 is 11.3 Å². The number of carbonyl (C=O) groups is 2. The second kappa shape index (κ2) is 7.48. The Balaban J connectivity index is 1.89. The van der Waals surface area contributed by atoms with Gasteiger partial charge in [0.1, 0.15) is 5.82 Å². The summed E-state index contributed by atoms with van der Waals surface area (Å²) in [6.07, 6.45) is 0. The Bertz CT molecular complexity index is 1040. The van der Waals surface area contributed by atoms with Crippen LogP contribution in [-0.4, -0.2) is 11.8 Å². The fourth-order valence-corrected chi connectivity index (χ4v) is 3.89. The molecule has 0 aliphatic rings. The third-order valence-corrected chi connectivity index (χ3v) is 5.64. The smallest absolute Gasteiger partial charge is 0.266 e. The van der Waals surface area contributed by atoms with E-state index in [9.17, 15) is 14.0 Å². The normalized spacial score (nSPS) is 11.0. The first-order valence-electron chi connectivity index (χ1n) is 8.68. The molecule has 0 spiro atoms. The number of hydrogen-bond donors (Lipinski definition) is 2. The molecule has 27 heavy (non-hydrogen) atoms. The molecule has 2 amide bonds. The number of anilines is 2. The van der Waals surface area contributed by atoms with E-state index in [-0.39, 0.29) is 23.5 Å². The zero-order valence-corrected chi connectivity index (χ0v) is 16.5. The summed E-state index contributed by atoms with van der Waals surface area (Å²) in [7, 11) is 0. The molecule has 0 bridgehead atoms. The maximum absolute atomic E-state index is 14.1. The number of carbonyl (C=O) groups excluding carboxylic acids is 2. The van der Waals surface area contributed by atoms with E-state index in [0.717, 1.165) is 10.3 Å². The second-order valence-corrected chi connectivity index (χ2v) is 7.85. The highest BCUT2D eigenvalue weighted by Crippen LogP contribution is 2.33. The molecule has 2 aromatic carbocycles. The van der Waals surface area contributed by atoms with Crippen molar-refractivity contribution in [1.82, 2.24) is 0 Å². The average Bonchev–Trinajstić information content (AvgIpc) is 2.96. The predicted octanol–water partition coefficient (Wildman–Crippen LogP) is 5.50. The Morgan fingerprint density at radius 3 is 2.48 bits per heavy atom. The molecule has 1 aromatic heterocycles. The summed E-state index contributed by atoms with van der Waals surface area (Å²) in [5, 5.41) is 6.20. The molecule has 0 aliphatic carbocycles. The lowest BCUT2D eigenvalue weighted by Gasteiger charge is -2.12. The van der Waals surface area contributed by atoms with Gasteiger partial charge in [0.15, 0.2) is 0 Å². The van der Waals surface area contributed by atoms with E-state index < -0.39 is 0 Å². The number of thiophene rings is 1. The minimum absolute atomic E-state index is 0.0908. The average molecular weight is 384 g/mol. The fourth-order valence-electron chi connectivity index (χ4n) is 2.77. The van der Waals surface area contributed by atoms with Gasteiger partial charge in [0.05, 0.1) is 4.88 Å². The quantitative estimate of drug-likeness (QED) is 0.624. The van der Waals surface area contributed by atoms with Crippen LogP contribution < -0.4 is 10.6 Å². The van der Waals surface area contributed by atoms with Crippen LogP contribution in [0.25, 0.3) is 10.1 Å². The van der Waals surface area contributed by atoms with Crippen molar-refractivity contribution in [2.24, 2.45) is 5.92 Å². The first kappa shape index (κ1) is 19.0. The third-order valence-electron chi connectivity index (χ3n) is 4.39. The standard InChI is InChI=1S/C21H21FN2O2S/c1-11(2)20(25)23-14-9-8-12(3)16(10-14)24-21(26)19-13(4)18-15(22)6-5-7-17(18)27-19/h5-11H,1-4H3,(H,23,25)(H,24,26). The molecular weight excluding hydrogens is 363 g/mol. The molecule has 2 N–H and O–H groups in total. The highest BCUT2D eigenvalue weighted by Gasteiger charge is 2.18. The molecule has 0 radical (unpaired) electrons. The first-order chi connectivity index (χ1) is 12.8. The van der Waals surface area contributed by atoms with E-state index in [0.29, 0.717) is 27.2 Å². The lowest BCUT2D eigenvalue weighted by atomic mass is 10.1. The Morgan fingerprint density at radius 1 is 1.07 bits per heavy atom. The van der Waals surface area contributed by atoms with Crippen molar-refractivity contribution < 1.29 is 14.0 Å². The van der Waals surface area contributed by atoms with E-state index in [1.807, 2.05) is 26.8 Å². The molecule has 0 saturated carbocycles. The minimum Gasteiger partial charge on any atom is -0.326 e. The maximum Gasteiger partial charge on any atom is 0.266 e. The Hall–Kier alpha value is -2.73. The summed E-state index contributed by atoms with van der Waals surface area (Å²) < 4.78 is 14.8. The van der Waals surface area contributed by atoms with Gasteiger partial charge in [-0.05, 0) is 49.2 Å². The maximum atomic E-state index is 14.1. The van der Waals surface area contributed by atoms with Gasteiger partial charge in [0.2, 0.25) is 5.91 Å². The van der Waals surface area contributed by atoms with Crippen molar-refractivity contribution in [1.29, 1.82) is 0 Å². The lowest BCUT2D eigenvalue weighted by molar-refractivity contribution is -0.118. The number of halogens is 1.